The Kier molecular flexibility index (Phi) is 79.1. The molecule has 0 aromatic heterocycles. The lowest BCUT2D eigenvalue weighted by atomic mass is 10.1. The van der Waals surface area contributed by atoms with E-state index >= 15 is 0 Å². The normalized spacial score (nSPS) is 11.8. The van der Waals surface area contributed by atoms with Crippen LogP contribution in [0.25, 0.3) is 0 Å². The minimum absolute atomic E-state index is 0.0190. The first-order valence-electron chi connectivity index (χ1n) is 30.8. The van der Waals surface area contributed by atoms with Gasteiger partial charge in [0.2, 0.25) is 0 Å². The Morgan fingerprint density at radius 1 is 0.134 bits per heavy atom. The van der Waals surface area contributed by atoms with Crippen LogP contribution in [-0.4, -0.2) is 316 Å². The van der Waals surface area contributed by atoms with Crippen LogP contribution in [0.15, 0.2) is 0 Å². The van der Waals surface area contributed by atoms with Gasteiger partial charge in [-0.3, -0.25) is 0 Å². The van der Waals surface area contributed by atoms with Crippen molar-refractivity contribution in [2.45, 2.75) is 71.1 Å². The summed E-state index contributed by atoms with van der Waals surface area (Å²) in [5.74, 6) is 0. The third-order valence-corrected chi connectivity index (χ3v) is 11.0. The highest BCUT2D eigenvalue weighted by molar-refractivity contribution is 4.48. The first kappa shape index (κ1) is 81.0. The number of ether oxygens (including phenoxy) is 23. The van der Waals surface area contributed by atoms with Gasteiger partial charge in [0.15, 0.2) is 0 Å². The molecule has 82 heavy (non-hydrogen) atoms. The van der Waals surface area contributed by atoms with Crippen LogP contribution in [0.5, 0.6) is 0 Å². The Morgan fingerprint density at radius 3 is 0.415 bits per heavy atom. The van der Waals surface area contributed by atoms with E-state index in [1.165, 1.54) is 51.4 Å². The molecular formula is C58H118O24. The molecule has 0 fully saturated rings. The predicted octanol–water partition coefficient (Wildman–Crippen LogP) is 4.28. The molecule has 0 aromatic carbocycles. The summed E-state index contributed by atoms with van der Waals surface area (Å²) in [5.41, 5.74) is 0. The first-order valence-corrected chi connectivity index (χ1v) is 30.8. The largest absolute Gasteiger partial charge is 0.394 e. The van der Waals surface area contributed by atoms with Gasteiger partial charge in [0.05, 0.1) is 291 Å². The van der Waals surface area contributed by atoms with Gasteiger partial charge in [-0.25, -0.2) is 0 Å². The molecule has 24 nitrogen and oxygen atoms in total. The fourth-order valence-corrected chi connectivity index (χ4v) is 6.66. The van der Waals surface area contributed by atoms with Crippen molar-refractivity contribution in [1.29, 1.82) is 0 Å². The van der Waals surface area contributed by atoms with E-state index in [1.807, 2.05) is 0 Å². The summed E-state index contributed by atoms with van der Waals surface area (Å²) < 4.78 is 127. The van der Waals surface area contributed by atoms with E-state index < -0.39 is 0 Å². The average Bonchev–Trinajstić information content (AvgIpc) is 3.48. The van der Waals surface area contributed by atoms with Gasteiger partial charge in [0.25, 0.3) is 0 Å². The highest BCUT2D eigenvalue weighted by atomic mass is 16.6. The van der Waals surface area contributed by atoms with E-state index in [2.05, 4.69) is 6.92 Å². The fourth-order valence-electron chi connectivity index (χ4n) is 6.66. The highest BCUT2D eigenvalue weighted by Crippen LogP contribution is 2.09. The molecular weight excluding hydrogens is 1080 g/mol. The van der Waals surface area contributed by atoms with Crippen molar-refractivity contribution in [2.24, 2.45) is 0 Å². The van der Waals surface area contributed by atoms with Gasteiger partial charge >= 0.3 is 0 Å². The van der Waals surface area contributed by atoms with Gasteiger partial charge in [-0.1, -0.05) is 58.3 Å². The molecule has 0 aliphatic carbocycles. The number of aliphatic hydroxyl groups is 1. The van der Waals surface area contributed by atoms with Crippen molar-refractivity contribution in [3.05, 3.63) is 0 Å². The summed E-state index contributed by atoms with van der Waals surface area (Å²) in [6.07, 6.45) is 12.7. The maximum absolute atomic E-state index is 8.61. The summed E-state index contributed by atoms with van der Waals surface area (Å²) in [6.45, 7) is 26.0. The Bertz CT molecular complexity index is 1000. The summed E-state index contributed by atoms with van der Waals surface area (Å²) in [6, 6.07) is 0. The number of rotatable bonds is 79. The number of aliphatic hydroxyl groups excluding tert-OH is 1. The number of hydrogen-bond donors (Lipinski definition) is 1. The molecule has 0 aliphatic rings. The van der Waals surface area contributed by atoms with E-state index in [0.29, 0.717) is 297 Å². The third kappa shape index (κ3) is 79.0. The van der Waals surface area contributed by atoms with E-state index in [9.17, 15) is 0 Å². The summed E-state index contributed by atoms with van der Waals surface area (Å²) in [7, 11) is 0. The zero-order valence-electron chi connectivity index (χ0n) is 51.1. The predicted molar refractivity (Wildman–Crippen MR) is 308 cm³/mol. The topological polar surface area (TPSA) is 233 Å². The van der Waals surface area contributed by atoms with Crippen LogP contribution in [0.3, 0.4) is 0 Å². The van der Waals surface area contributed by atoms with Gasteiger partial charge in [0, 0.05) is 19.8 Å². The van der Waals surface area contributed by atoms with E-state index in [-0.39, 0.29) is 6.61 Å². The van der Waals surface area contributed by atoms with Crippen LogP contribution in [0.1, 0.15) is 71.1 Å². The maximum atomic E-state index is 8.61. The minimum atomic E-state index is 0.0190. The van der Waals surface area contributed by atoms with Crippen LogP contribution >= 0.6 is 0 Å². The molecule has 0 saturated carbocycles. The number of hydrogen-bond acceptors (Lipinski definition) is 24. The minimum Gasteiger partial charge on any atom is -0.394 e. The Morgan fingerprint density at radius 2 is 0.256 bits per heavy atom. The maximum Gasteiger partial charge on any atom is 0.0701 e. The zero-order valence-corrected chi connectivity index (χ0v) is 51.1. The molecule has 0 aliphatic heterocycles. The molecule has 0 amide bonds. The molecule has 0 radical (unpaired) electrons. The van der Waals surface area contributed by atoms with Gasteiger partial charge < -0.3 is 114 Å². The van der Waals surface area contributed by atoms with Gasteiger partial charge in [-0.2, -0.15) is 0 Å². The van der Waals surface area contributed by atoms with Crippen molar-refractivity contribution in [2.75, 3.05) is 311 Å². The van der Waals surface area contributed by atoms with Crippen molar-refractivity contribution in [1.82, 2.24) is 0 Å². The molecule has 0 atom stereocenters. The molecule has 1 N–H and O–H groups in total. The van der Waals surface area contributed by atoms with Gasteiger partial charge in [-0.15, -0.1) is 0 Å². The van der Waals surface area contributed by atoms with Crippen LogP contribution in [0, 0.1) is 0 Å². The lowest BCUT2D eigenvalue weighted by molar-refractivity contribution is -0.0306. The Labute approximate surface area is 494 Å². The van der Waals surface area contributed by atoms with Crippen LogP contribution in [0.2, 0.25) is 0 Å². The van der Waals surface area contributed by atoms with Gasteiger partial charge in [-0.05, 0) is 12.8 Å². The molecule has 0 aromatic rings. The van der Waals surface area contributed by atoms with E-state index in [0.717, 1.165) is 19.4 Å². The van der Waals surface area contributed by atoms with Crippen molar-refractivity contribution in [3.63, 3.8) is 0 Å². The molecule has 0 rings (SSSR count). The average molecular weight is 1200 g/mol. The highest BCUT2D eigenvalue weighted by Gasteiger charge is 2.01. The molecule has 0 bridgehead atoms. The molecule has 24 heteroatoms. The van der Waals surface area contributed by atoms with Crippen LogP contribution < -0.4 is 0 Å². The second kappa shape index (κ2) is 80.0. The molecule has 494 valence electrons. The monoisotopic (exact) mass is 1200 g/mol. The lowest BCUT2D eigenvalue weighted by Gasteiger charge is -2.09. The standard InChI is InChI=1S/C58H118O24/c1-2-3-4-5-6-7-8-9-10-13-60-17-21-64-25-29-68-33-37-72-38-34-69-30-26-65-22-18-61-14-11-15-62-19-23-66-27-31-70-35-39-73-41-43-75-45-47-77-49-51-79-53-55-81-57-58-82-56-54-80-52-50-78-48-46-76-44-42-74-40-36-71-32-28-67-24-20-63-16-12-59/h59H,2-58H2,1H3. The SMILES string of the molecule is CCCCCCCCCCCOCCOCCOCCOCCOCCOCCOCCCOCCOCCOCCOCCOCCOCCOCCOCCOCCOCCOCCOCCOCCOCCOCCOCCO. The quantitative estimate of drug-likeness (QED) is 0.0838. The smallest absolute Gasteiger partial charge is 0.0701 e. The zero-order chi connectivity index (χ0) is 58.6. The van der Waals surface area contributed by atoms with E-state index in [4.69, 9.17) is 114 Å². The van der Waals surface area contributed by atoms with Crippen molar-refractivity contribution >= 4 is 0 Å². The van der Waals surface area contributed by atoms with E-state index in [1.54, 1.807) is 0 Å². The second-order valence-electron chi connectivity index (χ2n) is 18.0. The second-order valence-corrected chi connectivity index (χ2v) is 18.0. The fraction of sp³-hybridized carbons (Fsp3) is 1.00. The van der Waals surface area contributed by atoms with Crippen molar-refractivity contribution in [3.8, 4) is 0 Å². The van der Waals surface area contributed by atoms with Crippen LogP contribution in [0.4, 0.5) is 0 Å². The third-order valence-electron chi connectivity index (χ3n) is 11.0. The summed E-state index contributed by atoms with van der Waals surface area (Å²) >= 11 is 0. The number of unbranched alkanes of at least 4 members (excludes halogenated alkanes) is 8. The molecule has 0 saturated heterocycles. The van der Waals surface area contributed by atoms with Crippen molar-refractivity contribution < 1.29 is 114 Å². The van der Waals surface area contributed by atoms with Crippen LogP contribution in [-0.2, 0) is 109 Å². The summed E-state index contributed by atoms with van der Waals surface area (Å²) in [5, 5.41) is 8.61. The molecule has 0 unspecified atom stereocenters. The Hall–Kier alpha value is -0.960. The molecule has 0 spiro atoms. The van der Waals surface area contributed by atoms with Gasteiger partial charge in [0.1, 0.15) is 0 Å². The first-order chi connectivity index (χ1) is 40.9. The molecule has 0 heterocycles. The lowest BCUT2D eigenvalue weighted by Crippen LogP contribution is -2.16. The summed E-state index contributed by atoms with van der Waals surface area (Å²) in [4.78, 5) is 0. The Balaban J connectivity index is 3.08.